The number of aromatic nitrogens is 2. The van der Waals surface area contributed by atoms with Crippen LogP contribution in [0.15, 0.2) is 18.2 Å². The summed E-state index contributed by atoms with van der Waals surface area (Å²) < 4.78 is 5.21. The van der Waals surface area contributed by atoms with Crippen LogP contribution < -0.4 is 10.1 Å². The minimum absolute atomic E-state index is 0.469. The number of nitrogens with zero attached hydrogens (tertiary/aromatic N) is 2. The van der Waals surface area contributed by atoms with E-state index in [1.165, 1.54) is 0 Å². The molecule has 0 atom stereocenters. The van der Waals surface area contributed by atoms with Gasteiger partial charge in [-0.25, -0.2) is 9.97 Å². The zero-order chi connectivity index (χ0) is 15.4. The van der Waals surface area contributed by atoms with Gasteiger partial charge in [-0.3, -0.25) is 0 Å². The Morgan fingerprint density at radius 3 is 2.67 bits per heavy atom. The Balaban J connectivity index is 2.34. The van der Waals surface area contributed by atoms with Crippen LogP contribution in [0.4, 0.5) is 11.5 Å². The molecule has 6 heteroatoms. The highest BCUT2D eigenvalue weighted by atomic mass is 35.5. The van der Waals surface area contributed by atoms with Gasteiger partial charge in [0.2, 0.25) is 0 Å². The van der Waals surface area contributed by atoms with Crippen molar-refractivity contribution in [1.82, 2.24) is 9.97 Å². The Morgan fingerprint density at radius 1 is 1.24 bits per heavy atom. The molecule has 0 aliphatic heterocycles. The van der Waals surface area contributed by atoms with Gasteiger partial charge in [0.15, 0.2) is 0 Å². The summed E-state index contributed by atoms with van der Waals surface area (Å²) in [7, 11) is 1.58. The number of benzene rings is 1. The van der Waals surface area contributed by atoms with Gasteiger partial charge < -0.3 is 10.1 Å². The largest absolute Gasteiger partial charge is 0.495 e. The van der Waals surface area contributed by atoms with Crippen molar-refractivity contribution in [3.63, 3.8) is 0 Å². The van der Waals surface area contributed by atoms with Crippen LogP contribution in [0.1, 0.15) is 24.7 Å². The highest BCUT2D eigenvalue weighted by Gasteiger charge is 2.10. The summed E-state index contributed by atoms with van der Waals surface area (Å²) in [6, 6.07) is 5.45. The average molecular weight is 326 g/mol. The molecule has 0 amide bonds. The summed E-state index contributed by atoms with van der Waals surface area (Å²) in [6.45, 7) is 3.96. The van der Waals surface area contributed by atoms with Crippen molar-refractivity contribution in [3.05, 3.63) is 39.8 Å². The van der Waals surface area contributed by atoms with E-state index in [0.29, 0.717) is 21.7 Å². The summed E-state index contributed by atoms with van der Waals surface area (Å²) in [5.41, 5.74) is 1.64. The third kappa shape index (κ3) is 3.77. The number of nitrogens with one attached hydrogen (secondary N) is 1. The van der Waals surface area contributed by atoms with Crippen LogP contribution in [-0.4, -0.2) is 17.1 Å². The maximum atomic E-state index is 6.17. The van der Waals surface area contributed by atoms with Crippen LogP contribution >= 0.6 is 23.2 Å². The first kappa shape index (κ1) is 15.9. The molecule has 2 aromatic rings. The molecule has 1 heterocycles. The quantitative estimate of drug-likeness (QED) is 0.802. The second-order valence-corrected chi connectivity index (χ2v) is 5.39. The molecule has 0 radical (unpaired) electrons. The molecule has 0 aliphatic carbocycles. The third-order valence-electron chi connectivity index (χ3n) is 3.02. The molecule has 0 saturated carbocycles. The molecule has 112 valence electrons. The van der Waals surface area contributed by atoms with Gasteiger partial charge in [0, 0.05) is 23.7 Å². The Morgan fingerprint density at radius 2 is 2.00 bits per heavy atom. The predicted molar refractivity (Wildman–Crippen MR) is 87.1 cm³/mol. The number of ether oxygens (including phenoxy) is 1. The van der Waals surface area contributed by atoms with Gasteiger partial charge in [0.05, 0.1) is 12.1 Å². The molecular weight excluding hydrogens is 309 g/mol. The first-order valence-electron chi connectivity index (χ1n) is 6.68. The number of rotatable bonds is 5. The first-order chi connectivity index (χ1) is 10.0. The number of hydrogen-bond acceptors (Lipinski definition) is 4. The predicted octanol–water partition coefficient (Wildman–Crippen LogP) is 4.80. The van der Waals surface area contributed by atoms with Gasteiger partial charge in [-0.1, -0.05) is 30.1 Å². The summed E-state index contributed by atoms with van der Waals surface area (Å²) in [4.78, 5) is 8.80. The first-order valence-corrected chi connectivity index (χ1v) is 7.44. The molecule has 1 aromatic carbocycles. The van der Waals surface area contributed by atoms with Gasteiger partial charge in [0.1, 0.15) is 22.5 Å². The van der Waals surface area contributed by atoms with Crippen molar-refractivity contribution < 1.29 is 4.74 Å². The molecule has 0 aliphatic rings. The molecule has 2 rings (SSSR count). The lowest BCUT2D eigenvalue weighted by Crippen LogP contribution is -2.04. The van der Waals surface area contributed by atoms with Gasteiger partial charge in [0.25, 0.3) is 0 Å². The topological polar surface area (TPSA) is 47.0 Å². The van der Waals surface area contributed by atoms with E-state index in [9.17, 15) is 0 Å². The summed E-state index contributed by atoms with van der Waals surface area (Å²) in [5, 5.41) is 4.27. The van der Waals surface area contributed by atoms with Gasteiger partial charge in [-0.2, -0.15) is 0 Å². The fourth-order valence-electron chi connectivity index (χ4n) is 1.86. The molecule has 0 spiro atoms. The maximum absolute atomic E-state index is 6.17. The Hall–Kier alpha value is -1.52. The number of halogens is 2. The van der Waals surface area contributed by atoms with Crippen LogP contribution in [0, 0.1) is 6.92 Å². The average Bonchev–Trinajstić information content (AvgIpc) is 2.46. The molecule has 0 saturated heterocycles. The van der Waals surface area contributed by atoms with Crippen molar-refractivity contribution in [2.75, 3.05) is 12.4 Å². The monoisotopic (exact) mass is 325 g/mol. The fraction of sp³-hybridized carbons (Fsp3) is 0.333. The maximum Gasteiger partial charge on any atom is 0.139 e. The fourth-order valence-corrected chi connectivity index (χ4v) is 2.25. The summed E-state index contributed by atoms with van der Waals surface area (Å²) in [6.07, 6.45) is 1.76. The lowest BCUT2D eigenvalue weighted by Gasteiger charge is -2.12. The molecule has 21 heavy (non-hydrogen) atoms. The van der Waals surface area contributed by atoms with Crippen molar-refractivity contribution in [2.45, 2.75) is 26.7 Å². The lowest BCUT2D eigenvalue weighted by molar-refractivity contribution is 0.415. The van der Waals surface area contributed by atoms with Crippen molar-refractivity contribution >= 4 is 34.7 Å². The second kappa shape index (κ2) is 6.96. The van der Waals surface area contributed by atoms with Gasteiger partial charge >= 0.3 is 0 Å². The van der Waals surface area contributed by atoms with E-state index in [4.69, 9.17) is 27.9 Å². The second-order valence-electron chi connectivity index (χ2n) is 4.63. The summed E-state index contributed by atoms with van der Waals surface area (Å²) in [5.74, 6) is 2.03. The standard InChI is InChI=1S/C15H17Cl2N3O/c1-4-5-13-19-14(17)9(2)15(20-13)18-10-6-7-11(16)12(8-10)21-3/h6-8H,4-5H2,1-3H3,(H,18,19,20). The van der Waals surface area contributed by atoms with E-state index < -0.39 is 0 Å². The van der Waals surface area contributed by atoms with E-state index in [2.05, 4.69) is 22.2 Å². The van der Waals surface area contributed by atoms with Crippen LogP contribution in [-0.2, 0) is 6.42 Å². The Bertz CT molecular complexity index is 647. The SMILES string of the molecule is CCCc1nc(Cl)c(C)c(Nc2ccc(Cl)c(OC)c2)n1. The minimum atomic E-state index is 0.469. The molecule has 0 bridgehead atoms. The van der Waals surface area contributed by atoms with E-state index in [-0.39, 0.29) is 0 Å². The van der Waals surface area contributed by atoms with Crippen molar-refractivity contribution in [3.8, 4) is 5.75 Å². The van der Waals surface area contributed by atoms with Crippen molar-refractivity contribution in [2.24, 2.45) is 0 Å². The highest BCUT2D eigenvalue weighted by molar-refractivity contribution is 6.32. The number of methoxy groups -OCH3 is 1. The van der Waals surface area contributed by atoms with E-state index in [0.717, 1.165) is 29.9 Å². The van der Waals surface area contributed by atoms with Crippen LogP contribution in [0.2, 0.25) is 10.2 Å². The van der Waals surface area contributed by atoms with Crippen LogP contribution in [0.5, 0.6) is 5.75 Å². The normalized spacial score (nSPS) is 10.5. The van der Waals surface area contributed by atoms with E-state index in [1.807, 2.05) is 19.1 Å². The molecule has 1 aromatic heterocycles. The minimum Gasteiger partial charge on any atom is -0.495 e. The molecule has 1 N–H and O–H groups in total. The van der Waals surface area contributed by atoms with Crippen molar-refractivity contribution in [1.29, 1.82) is 0 Å². The Kier molecular flexibility index (Phi) is 5.26. The van der Waals surface area contributed by atoms with Gasteiger partial charge in [-0.15, -0.1) is 0 Å². The molecule has 0 unspecified atom stereocenters. The molecule has 4 nitrogen and oxygen atoms in total. The smallest absolute Gasteiger partial charge is 0.139 e. The third-order valence-corrected chi connectivity index (χ3v) is 3.70. The molecular formula is C15H17Cl2N3O. The van der Waals surface area contributed by atoms with Crippen LogP contribution in [0.25, 0.3) is 0 Å². The Labute approximate surface area is 134 Å². The van der Waals surface area contributed by atoms with E-state index >= 15 is 0 Å². The number of aryl methyl sites for hydroxylation is 1. The summed E-state index contributed by atoms with van der Waals surface area (Å²) >= 11 is 12.2. The zero-order valence-electron chi connectivity index (χ0n) is 12.2. The number of anilines is 2. The highest BCUT2D eigenvalue weighted by Crippen LogP contribution is 2.30. The number of hydrogen-bond donors (Lipinski definition) is 1. The van der Waals surface area contributed by atoms with Gasteiger partial charge in [-0.05, 0) is 25.5 Å². The van der Waals surface area contributed by atoms with Crippen LogP contribution in [0.3, 0.4) is 0 Å². The zero-order valence-corrected chi connectivity index (χ0v) is 13.7. The molecule has 0 fully saturated rings. The van der Waals surface area contributed by atoms with E-state index in [1.54, 1.807) is 13.2 Å². The lowest BCUT2D eigenvalue weighted by atomic mass is 10.2.